The molecule has 0 bridgehead atoms. The summed E-state index contributed by atoms with van der Waals surface area (Å²) >= 11 is 10.4. The topological polar surface area (TPSA) is 77.7 Å². The molecule has 0 aliphatic rings. The van der Waals surface area contributed by atoms with Crippen molar-refractivity contribution in [2.24, 2.45) is 4.40 Å². The molecule has 0 spiro atoms. The third kappa shape index (κ3) is 4.60. The first-order valence-electron chi connectivity index (χ1n) is 7.81. The van der Waals surface area contributed by atoms with E-state index in [2.05, 4.69) is 20.3 Å². The molecule has 142 valence electrons. The zero-order valence-corrected chi connectivity index (χ0v) is 18.0. The highest BCUT2D eigenvalue weighted by molar-refractivity contribution is 9.10. The average Bonchev–Trinajstić information content (AvgIpc) is 2.91. The van der Waals surface area contributed by atoms with Gasteiger partial charge in [0.05, 0.1) is 21.7 Å². The van der Waals surface area contributed by atoms with Gasteiger partial charge < -0.3 is 9.30 Å². The van der Waals surface area contributed by atoms with Gasteiger partial charge in [0.15, 0.2) is 0 Å². The molecule has 0 aliphatic heterocycles. The van der Waals surface area contributed by atoms with Crippen molar-refractivity contribution in [2.75, 3.05) is 6.61 Å². The van der Waals surface area contributed by atoms with Crippen LogP contribution in [0.5, 0.6) is 0 Å². The van der Waals surface area contributed by atoms with Crippen LogP contribution < -0.4 is 4.80 Å². The van der Waals surface area contributed by atoms with Crippen molar-refractivity contribution in [2.45, 2.75) is 18.4 Å². The quantitative estimate of drug-likeness (QED) is 0.508. The predicted octanol–water partition coefficient (Wildman–Crippen LogP) is 3.97. The summed E-state index contributed by atoms with van der Waals surface area (Å²) < 4.78 is 37.5. The molecule has 0 radical (unpaired) electrons. The van der Waals surface area contributed by atoms with Crippen molar-refractivity contribution in [3.63, 3.8) is 0 Å². The highest BCUT2D eigenvalue weighted by Crippen LogP contribution is 2.23. The summed E-state index contributed by atoms with van der Waals surface area (Å²) in [4.78, 5) is 12.2. The molecular weight excluding hydrogens is 476 g/mol. The number of halogens is 2. The molecule has 6 nitrogen and oxygen atoms in total. The fourth-order valence-electron chi connectivity index (χ4n) is 2.37. The van der Waals surface area contributed by atoms with E-state index >= 15 is 0 Å². The Bertz CT molecular complexity index is 1170. The first kappa shape index (κ1) is 20.1. The SMILES string of the molecule is CCOC(=O)Cn1/c(=N/S(=O)(=O)c2ccc(Cl)cc2)sc2cc(Br)ccc21. The molecule has 3 rings (SSSR count). The summed E-state index contributed by atoms with van der Waals surface area (Å²) in [6, 6.07) is 11.2. The Morgan fingerprint density at radius 1 is 1.26 bits per heavy atom. The second-order valence-corrected chi connectivity index (χ2v) is 9.37. The van der Waals surface area contributed by atoms with Gasteiger partial charge in [-0.1, -0.05) is 38.9 Å². The van der Waals surface area contributed by atoms with Crippen LogP contribution >= 0.6 is 38.9 Å². The number of hydrogen-bond acceptors (Lipinski definition) is 5. The molecule has 3 aromatic rings. The zero-order chi connectivity index (χ0) is 19.6. The Kier molecular flexibility index (Phi) is 6.05. The lowest BCUT2D eigenvalue weighted by molar-refractivity contribution is -0.143. The van der Waals surface area contributed by atoms with E-state index in [4.69, 9.17) is 16.3 Å². The predicted molar refractivity (Wildman–Crippen MR) is 108 cm³/mol. The minimum atomic E-state index is -3.97. The van der Waals surface area contributed by atoms with Gasteiger partial charge in [-0.2, -0.15) is 8.42 Å². The van der Waals surface area contributed by atoms with Gasteiger partial charge in [-0.25, -0.2) is 0 Å². The number of esters is 1. The maximum absolute atomic E-state index is 12.7. The van der Waals surface area contributed by atoms with E-state index in [1.807, 2.05) is 12.1 Å². The molecule has 0 fully saturated rings. The highest BCUT2D eigenvalue weighted by Gasteiger charge is 2.16. The number of hydrogen-bond donors (Lipinski definition) is 0. The number of carbonyl (C=O) groups is 1. The summed E-state index contributed by atoms with van der Waals surface area (Å²) in [5.41, 5.74) is 0.696. The number of nitrogens with zero attached hydrogens (tertiary/aromatic N) is 2. The van der Waals surface area contributed by atoms with Crippen LogP contribution in [0.4, 0.5) is 0 Å². The molecule has 0 atom stereocenters. The highest BCUT2D eigenvalue weighted by atomic mass is 79.9. The van der Waals surface area contributed by atoms with Gasteiger partial charge in [-0.3, -0.25) is 4.79 Å². The first-order chi connectivity index (χ1) is 12.8. The maximum Gasteiger partial charge on any atom is 0.326 e. The van der Waals surface area contributed by atoms with E-state index in [0.717, 1.165) is 9.17 Å². The van der Waals surface area contributed by atoms with E-state index in [-0.39, 0.29) is 22.8 Å². The van der Waals surface area contributed by atoms with Crippen molar-refractivity contribution < 1.29 is 17.9 Å². The van der Waals surface area contributed by atoms with Crippen LogP contribution in [0.3, 0.4) is 0 Å². The number of sulfonamides is 1. The Morgan fingerprint density at radius 2 is 1.96 bits per heavy atom. The summed E-state index contributed by atoms with van der Waals surface area (Å²) in [7, 11) is -3.97. The van der Waals surface area contributed by atoms with Gasteiger partial charge in [0.1, 0.15) is 6.54 Å². The van der Waals surface area contributed by atoms with Gasteiger partial charge in [-0.05, 0) is 49.4 Å². The third-order valence-electron chi connectivity index (χ3n) is 3.55. The molecule has 2 aromatic carbocycles. The molecule has 0 aliphatic carbocycles. The fourth-order valence-corrected chi connectivity index (χ4v) is 5.28. The van der Waals surface area contributed by atoms with Crippen LogP contribution in [0, 0.1) is 0 Å². The number of carbonyl (C=O) groups excluding carboxylic acids is 1. The second kappa shape index (κ2) is 8.14. The average molecular weight is 490 g/mol. The van der Waals surface area contributed by atoms with E-state index in [9.17, 15) is 13.2 Å². The normalized spacial score (nSPS) is 12.5. The number of rotatable bonds is 5. The third-order valence-corrected chi connectivity index (χ3v) is 6.73. The monoisotopic (exact) mass is 488 g/mol. The molecule has 0 N–H and O–H groups in total. The minimum absolute atomic E-state index is 0.0215. The summed E-state index contributed by atoms with van der Waals surface area (Å²) in [5, 5.41) is 0.429. The number of aromatic nitrogens is 1. The molecule has 0 saturated carbocycles. The maximum atomic E-state index is 12.7. The van der Waals surface area contributed by atoms with Crippen LogP contribution in [-0.2, 0) is 26.1 Å². The first-order valence-corrected chi connectivity index (χ1v) is 11.2. The van der Waals surface area contributed by atoms with Gasteiger partial charge >= 0.3 is 5.97 Å². The zero-order valence-electron chi connectivity index (χ0n) is 14.1. The van der Waals surface area contributed by atoms with E-state index < -0.39 is 16.0 Å². The lowest BCUT2D eigenvalue weighted by Gasteiger charge is -2.05. The molecular formula is C17H14BrClN2O4S2. The molecule has 0 amide bonds. The van der Waals surface area contributed by atoms with Crippen molar-refractivity contribution in [3.8, 4) is 0 Å². The van der Waals surface area contributed by atoms with Crippen molar-refractivity contribution in [1.82, 2.24) is 4.57 Å². The van der Waals surface area contributed by atoms with E-state index in [1.54, 1.807) is 13.0 Å². The smallest absolute Gasteiger partial charge is 0.326 e. The Morgan fingerprint density at radius 3 is 2.63 bits per heavy atom. The van der Waals surface area contributed by atoms with Crippen molar-refractivity contribution in [1.29, 1.82) is 0 Å². The molecule has 1 heterocycles. The number of benzene rings is 2. The lowest BCUT2D eigenvalue weighted by atomic mass is 10.3. The molecule has 10 heteroatoms. The standard InChI is InChI=1S/C17H14BrClN2O4S2/c1-2-25-16(22)10-21-14-8-3-11(18)9-15(14)26-17(21)20-27(23,24)13-6-4-12(19)5-7-13/h3-9H,2,10H2,1H3/b20-17-. The Labute approximate surface area is 173 Å². The Hall–Kier alpha value is -1.68. The van der Waals surface area contributed by atoms with Crippen LogP contribution in [-0.4, -0.2) is 25.6 Å². The van der Waals surface area contributed by atoms with Crippen LogP contribution in [0.25, 0.3) is 10.2 Å². The minimum Gasteiger partial charge on any atom is -0.465 e. The number of ether oxygens (including phenoxy) is 1. The van der Waals surface area contributed by atoms with E-state index in [0.29, 0.717) is 10.5 Å². The summed E-state index contributed by atoms with van der Waals surface area (Å²) in [6.07, 6.45) is 0. The van der Waals surface area contributed by atoms with Gasteiger partial charge in [0.25, 0.3) is 10.0 Å². The van der Waals surface area contributed by atoms with Crippen LogP contribution in [0.15, 0.2) is 56.2 Å². The second-order valence-electron chi connectivity index (χ2n) is 5.41. The van der Waals surface area contributed by atoms with Crippen molar-refractivity contribution >= 4 is 65.1 Å². The molecule has 27 heavy (non-hydrogen) atoms. The summed E-state index contributed by atoms with van der Waals surface area (Å²) in [5.74, 6) is -0.467. The largest absolute Gasteiger partial charge is 0.465 e. The van der Waals surface area contributed by atoms with Crippen molar-refractivity contribution in [3.05, 3.63) is 56.8 Å². The van der Waals surface area contributed by atoms with Gasteiger partial charge in [-0.15, -0.1) is 4.40 Å². The molecule has 0 unspecified atom stereocenters. The van der Waals surface area contributed by atoms with Gasteiger partial charge in [0, 0.05) is 9.50 Å². The number of thiazole rings is 1. The van der Waals surface area contributed by atoms with E-state index in [1.165, 1.54) is 40.2 Å². The molecule has 1 aromatic heterocycles. The van der Waals surface area contributed by atoms with Crippen LogP contribution in [0.1, 0.15) is 6.92 Å². The van der Waals surface area contributed by atoms with Gasteiger partial charge in [0.2, 0.25) is 4.80 Å². The fraction of sp³-hybridized carbons (Fsp3) is 0.176. The van der Waals surface area contributed by atoms with Crippen LogP contribution in [0.2, 0.25) is 5.02 Å². The summed E-state index contributed by atoms with van der Waals surface area (Å²) in [6.45, 7) is 1.81. The lowest BCUT2D eigenvalue weighted by Crippen LogP contribution is -2.23. The molecule has 0 saturated heterocycles. The number of fused-ring (bicyclic) bond motifs is 1. The Balaban J connectivity index is 2.18.